The van der Waals surface area contributed by atoms with Crippen molar-refractivity contribution in [2.75, 3.05) is 6.54 Å². The number of amides is 1. The molecule has 0 atom stereocenters. The Morgan fingerprint density at radius 1 is 1.33 bits per heavy atom. The number of rotatable bonds is 0. The lowest BCUT2D eigenvalue weighted by molar-refractivity contribution is -0.120. The van der Waals surface area contributed by atoms with Gasteiger partial charge < -0.3 is 10.6 Å². The molecule has 2 rings (SSSR count). The van der Waals surface area contributed by atoms with Crippen LogP contribution in [0.3, 0.4) is 0 Å². The third-order valence-corrected chi connectivity index (χ3v) is 1.84. The Kier molecular flexibility index (Phi) is 1.46. The van der Waals surface area contributed by atoms with Crippen molar-refractivity contribution in [1.29, 1.82) is 0 Å². The average Bonchev–Trinajstić information content (AvgIpc) is 2.04. The maximum absolute atomic E-state index is 11.2. The van der Waals surface area contributed by atoms with Crippen LogP contribution >= 0.6 is 0 Å². The van der Waals surface area contributed by atoms with E-state index in [1.165, 1.54) is 0 Å². The third-order valence-electron chi connectivity index (χ3n) is 1.84. The number of carbonyl (C=O) groups is 2. The highest BCUT2D eigenvalue weighted by Crippen LogP contribution is 2.13. The first-order valence-electron chi connectivity index (χ1n) is 3.75. The molecule has 2 aliphatic rings. The molecule has 1 aliphatic carbocycles. The minimum Gasteiger partial charge on any atom is -0.372 e. The molecule has 0 saturated carbocycles. The number of nitrogens with one attached hydrogen (secondary N) is 2. The summed E-state index contributed by atoms with van der Waals surface area (Å²) in [5, 5.41) is 5.41. The third kappa shape index (κ3) is 1.01. The van der Waals surface area contributed by atoms with E-state index in [1.807, 2.05) is 0 Å². The van der Waals surface area contributed by atoms with Gasteiger partial charge in [-0.2, -0.15) is 0 Å². The molecule has 62 valence electrons. The first-order chi connectivity index (χ1) is 5.77. The minimum absolute atomic E-state index is 0.0347. The molecular formula is C8H8N2O2. The lowest BCUT2D eigenvalue weighted by atomic mass is 10.1. The Bertz CT molecular complexity index is 315. The normalized spacial score (nSPS) is 21.7. The second-order valence-corrected chi connectivity index (χ2v) is 2.72. The van der Waals surface area contributed by atoms with Crippen LogP contribution in [0.2, 0.25) is 0 Å². The minimum atomic E-state index is -0.104. The van der Waals surface area contributed by atoms with Gasteiger partial charge in [0.25, 0.3) is 0 Å². The molecule has 0 bridgehead atoms. The van der Waals surface area contributed by atoms with Crippen molar-refractivity contribution in [3.05, 3.63) is 23.5 Å². The van der Waals surface area contributed by atoms with Crippen LogP contribution in [0.15, 0.2) is 23.5 Å². The zero-order valence-corrected chi connectivity index (χ0v) is 6.39. The fourth-order valence-corrected chi connectivity index (χ4v) is 1.28. The highest BCUT2D eigenvalue weighted by atomic mass is 16.2. The Morgan fingerprint density at radius 3 is 3.00 bits per heavy atom. The lowest BCUT2D eigenvalue weighted by Crippen LogP contribution is -2.43. The van der Waals surface area contributed by atoms with E-state index in [0.717, 1.165) is 0 Å². The summed E-state index contributed by atoms with van der Waals surface area (Å²) in [5.41, 5.74) is 1.14. The largest absolute Gasteiger partial charge is 0.372 e. The molecule has 2 N–H and O–H groups in total. The van der Waals surface area contributed by atoms with Crippen LogP contribution < -0.4 is 10.6 Å². The van der Waals surface area contributed by atoms with Gasteiger partial charge >= 0.3 is 0 Å². The van der Waals surface area contributed by atoms with Crippen LogP contribution in [-0.2, 0) is 9.59 Å². The van der Waals surface area contributed by atoms with Crippen LogP contribution in [0.5, 0.6) is 0 Å². The number of hydrogen-bond donors (Lipinski definition) is 2. The SMILES string of the molecule is O=C1CNC2=C(C=CCC2=O)N1. The summed E-state index contributed by atoms with van der Waals surface area (Å²) in [6.07, 6.45) is 3.91. The molecule has 1 aliphatic heterocycles. The van der Waals surface area contributed by atoms with Gasteiger partial charge in [0.2, 0.25) is 5.91 Å². The lowest BCUT2D eigenvalue weighted by Gasteiger charge is -2.21. The van der Waals surface area contributed by atoms with E-state index in [2.05, 4.69) is 10.6 Å². The summed E-state index contributed by atoms with van der Waals surface area (Å²) in [6.45, 7) is 0.193. The van der Waals surface area contributed by atoms with Crippen molar-refractivity contribution in [2.24, 2.45) is 0 Å². The highest BCUT2D eigenvalue weighted by molar-refractivity contribution is 6.00. The summed E-state index contributed by atoms with van der Waals surface area (Å²) in [5.74, 6) is -0.0689. The molecule has 0 aromatic heterocycles. The Morgan fingerprint density at radius 2 is 2.17 bits per heavy atom. The van der Waals surface area contributed by atoms with Crippen molar-refractivity contribution in [3.63, 3.8) is 0 Å². The monoisotopic (exact) mass is 164 g/mol. The van der Waals surface area contributed by atoms with E-state index in [1.54, 1.807) is 12.2 Å². The topological polar surface area (TPSA) is 58.2 Å². The smallest absolute Gasteiger partial charge is 0.243 e. The molecule has 1 heterocycles. The molecule has 0 aromatic rings. The maximum Gasteiger partial charge on any atom is 0.243 e. The van der Waals surface area contributed by atoms with Gasteiger partial charge in [-0.05, 0) is 6.08 Å². The average molecular weight is 164 g/mol. The van der Waals surface area contributed by atoms with Crippen LogP contribution in [0.4, 0.5) is 0 Å². The van der Waals surface area contributed by atoms with E-state index in [-0.39, 0.29) is 18.2 Å². The molecule has 0 saturated heterocycles. The van der Waals surface area contributed by atoms with Crippen molar-refractivity contribution < 1.29 is 9.59 Å². The van der Waals surface area contributed by atoms with Crippen molar-refractivity contribution in [1.82, 2.24) is 10.6 Å². The molecule has 4 nitrogen and oxygen atoms in total. The van der Waals surface area contributed by atoms with Gasteiger partial charge in [-0.1, -0.05) is 6.08 Å². The number of ketones is 1. The predicted octanol–water partition coefficient (Wildman–Crippen LogP) is -0.554. The molecule has 0 unspecified atom stereocenters. The zero-order chi connectivity index (χ0) is 8.55. The van der Waals surface area contributed by atoms with Crippen molar-refractivity contribution >= 4 is 11.7 Å². The summed E-state index contributed by atoms with van der Waals surface area (Å²) < 4.78 is 0. The second-order valence-electron chi connectivity index (χ2n) is 2.72. The van der Waals surface area contributed by atoms with Gasteiger partial charge in [0.05, 0.1) is 12.2 Å². The van der Waals surface area contributed by atoms with E-state index in [4.69, 9.17) is 0 Å². The van der Waals surface area contributed by atoms with Crippen molar-refractivity contribution in [3.8, 4) is 0 Å². The highest BCUT2D eigenvalue weighted by Gasteiger charge is 2.22. The molecule has 0 fully saturated rings. The summed E-state index contributed by atoms with van der Waals surface area (Å²) in [6, 6.07) is 0. The van der Waals surface area contributed by atoms with Gasteiger partial charge in [0.15, 0.2) is 5.78 Å². The van der Waals surface area contributed by atoms with E-state index in [0.29, 0.717) is 17.8 Å². The van der Waals surface area contributed by atoms with Crippen LogP contribution in [0, 0.1) is 0 Å². The van der Waals surface area contributed by atoms with Gasteiger partial charge in [-0.15, -0.1) is 0 Å². The predicted molar refractivity (Wildman–Crippen MR) is 41.9 cm³/mol. The molecule has 0 radical (unpaired) electrons. The molecule has 0 aromatic carbocycles. The second kappa shape index (κ2) is 2.48. The van der Waals surface area contributed by atoms with Gasteiger partial charge in [0.1, 0.15) is 5.70 Å². The van der Waals surface area contributed by atoms with Gasteiger partial charge in [0, 0.05) is 6.42 Å². The van der Waals surface area contributed by atoms with Crippen molar-refractivity contribution in [2.45, 2.75) is 6.42 Å². The van der Waals surface area contributed by atoms with Gasteiger partial charge in [-0.3, -0.25) is 9.59 Å². The van der Waals surface area contributed by atoms with E-state index >= 15 is 0 Å². The Balaban J connectivity index is 2.36. The van der Waals surface area contributed by atoms with Crippen LogP contribution in [0.25, 0.3) is 0 Å². The van der Waals surface area contributed by atoms with Crippen LogP contribution in [0.1, 0.15) is 6.42 Å². The summed E-state index contributed by atoms with van der Waals surface area (Å²) in [4.78, 5) is 22.1. The number of allylic oxidation sites excluding steroid dienone is 3. The van der Waals surface area contributed by atoms with E-state index < -0.39 is 0 Å². The summed E-state index contributed by atoms with van der Waals surface area (Å²) in [7, 11) is 0. The molecule has 12 heavy (non-hydrogen) atoms. The quantitative estimate of drug-likeness (QED) is 0.505. The van der Waals surface area contributed by atoms with Gasteiger partial charge in [-0.25, -0.2) is 0 Å². The zero-order valence-electron chi connectivity index (χ0n) is 6.39. The summed E-state index contributed by atoms with van der Waals surface area (Å²) >= 11 is 0. The molecule has 4 heteroatoms. The number of hydrogen-bond acceptors (Lipinski definition) is 3. The molecule has 1 amide bonds. The van der Waals surface area contributed by atoms with E-state index in [9.17, 15) is 9.59 Å². The maximum atomic E-state index is 11.2. The number of carbonyl (C=O) groups excluding carboxylic acids is 2. The molecule has 0 spiro atoms. The fourth-order valence-electron chi connectivity index (χ4n) is 1.28. The Labute approximate surface area is 69.3 Å². The first kappa shape index (κ1) is 7.09. The first-order valence-corrected chi connectivity index (χ1v) is 3.75. The Hall–Kier alpha value is -1.58. The fraction of sp³-hybridized carbons (Fsp3) is 0.250. The van der Waals surface area contributed by atoms with Crippen LogP contribution in [-0.4, -0.2) is 18.2 Å². The standard InChI is InChI=1S/C8H8N2O2/c11-6-3-1-2-5-8(6)9-4-7(12)10-5/h1-2,9H,3-4H2,(H,10,12). The molecular weight excluding hydrogens is 156 g/mol. The number of Topliss-reactive ketones (excluding diaryl/α,β-unsaturated/α-hetero) is 1.